The molecule has 2 rings (SSSR count). The summed E-state index contributed by atoms with van der Waals surface area (Å²) in [6.07, 6.45) is 1.55. The molecular formula is C19H23N3O5. The standard InChI is InChI=1S/C19H23N3O5/c1-12(11-23)20-17(24)15(21-26)9-13-10-22(18(25)27-19(2,3)4)16-8-6-5-7-14(13)16/h5-8,10-12,15H,9H2,1-4H3,(H,20,24)/t12-,15-/m0/s1. The van der Waals surface area contributed by atoms with Crippen LogP contribution in [-0.4, -0.2) is 40.5 Å². The Kier molecular flexibility index (Phi) is 6.09. The van der Waals surface area contributed by atoms with Gasteiger partial charge in [0.1, 0.15) is 11.9 Å². The highest BCUT2D eigenvalue weighted by molar-refractivity contribution is 5.93. The monoisotopic (exact) mass is 373 g/mol. The predicted molar refractivity (Wildman–Crippen MR) is 101 cm³/mol. The number of aldehydes is 1. The zero-order chi connectivity index (χ0) is 20.2. The fraction of sp³-hybridized carbons (Fsp3) is 0.421. The van der Waals surface area contributed by atoms with E-state index in [0.717, 1.165) is 0 Å². The topological polar surface area (TPSA) is 107 Å². The van der Waals surface area contributed by atoms with E-state index in [2.05, 4.69) is 10.5 Å². The Hall–Kier alpha value is -3.03. The highest BCUT2D eigenvalue weighted by Crippen LogP contribution is 2.24. The molecule has 8 heteroatoms. The van der Waals surface area contributed by atoms with E-state index in [0.29, 0.717) is 22.8 Å². The third-order valence-electron chi connectivity index (χ3n) is 3.80. The van der Waals surface area contributed by atoms with Crippen molar-refractivity contribution in [3.8, 4) is 0 Å². The van der Waals surface area contributed by atoms with Crippen molar-refractivity contribution in [2.24, 2.45) is 5.18 Å². The van der Waals surface area contributed by atoms with Crippen molar-refractivity contribution >= 4 is 29.2 Å². The van der Waals surface area contributed by atoms with Crippen LogP contribution in [0.2, 0.25) is 0 Å². The summed E-state index contributed by atoms with van der Waals surface area (Å²) in [6, 6.07) is 5.18. The molecule has 2 aromatic rings. The first-order chi connectivity index (χ1) is 12.7. The van der Waals surface area contributed by atoms with E-state index < -0.39 is 29.7 Å². The highest BCUT2D eigenvalue weighted by atomic mass is 16.6. The van der Waals surface area contributed by atoms with Crippen LogP contribution >= 0.6 is 0 Å². The second-order valence-corrected chi connectivity index (χ2v) is 7.28. The van der Waals surface area contributed by atoms with Gasteiger partial charge in [-0.1, -0.05) is 23.4 Å². The number of carbonyl (C=O) groups is 3. The van der Waals surface area contributed by atoms with Crippen LogP contribution in [-0.2, 0) is 20.7 Å². The zero-order valence-corrected chi connectivity index (χ0v) is 15.8. The molecule has 0 unspecified atom stereocenters. The van der Waals surface area contributed by atoms with E-state index in [-0.39, 0.29) is 6.42 Å². The van der Waals surface area contributed by atoms with Crippen molar-refractivity contribution in [2.45, 2.75) is 51.8 Å². The third-order valence-corrected chi connectivity index (χ3v) is 3.80. The number of ether oxygens (including phenoxy) is 1. The van der Waals surface area contributed by atoms with Crippen LogP contribution < -0.4 is 5.32 Å². The molecule has 0 radical (unpaired) electrons. The molecule has 2 atom stereocenters. The molecule has 1 aromatic carbocycles. The molecule has 0 aliphatic heterocycles. The molecule has 1 N–H and O–H groups in total. The van der Waals surface area contributed by atoms with Crippen molar-refractivity contribution in [1.82, 2.24) is 9.88 Å². The Bertz CT molecular complexity index is 866. The number of carbonyl (C=O) groups excluding carboxylic acids is 3. The number of nitrogens with one attached hydrogen (secondary N) is 1. The molecule has 0 bridgehead atoms. The number of benzene rings is 1. The lowest BCUT2D eigenvalue weighted by molar-refractivity contribution is -0.124. The predicted octanol–water partition coefficient (Wildman–Crippen LogP) is 2.81. The van der Waals surface area contributed by atoms with Gasteiger partial charge < -0.3 is 14.8 Å². The Morgan fingerprint density at radius 2 is 1.96 bits per heavy atom. The Balaban J connectivity index is 2.35. The molecule has 0 spiro atoms. The minimum absolute atomic E-state index is 0.00276. The van der Waals surface area contributed by atoms with E-state index >= 15 is 0 Å². The van der Waals surface area contributed by atoms with E-state index in [1.807, 2.05) is 0 Å². The number of hydrogen-bond donors (Lipinski definition) is 1. The summed E-state index contributed by atoms with van der Waals surface area (Å²) in [5, 5.41) is 6.01. The van der Waals surface area contributed by atoms with Gasteiger partial charge in [0, 0.05) is 18.0 Å². The number of rotatable bonds is 6. The molecule has 0 aliphatic carbocycles. The van der Waals surface area contributed by atoms with E-state index in [9.17, 15) is 19.3 Å². The van der Waals surface area contributed by atoms with Crippen LogP contribution in [0.15, 0.2) is 35.6 Å². The van der Waals surface area contributed by atoms with Crippen molar-refractivity contribution in [1.29, 1.82) is 0 Å². The molecule has 0 aliphatic rings. The van der Waals surface area contributed by atoms with Crippen LogP contribution in [0.5, 0.6) is 0 Å². The quantitative estimate of drug-likeness (QED) is 0.619. The molecule has 0 saturated heterocycles. The molecule has 8 nitrogen and oxygen atoms in total. The first-order valence-electron chi connectivity index (χ1n) is 8.56. The Morgan fingerprint density at radius 3 is 2.56 bits per heavy atom. The highest BCUT2D eigenvalue weighted by Gasteiger charge is 2.25. The number of aromatic nitrogens is 1. The van der Waals surface area contributed by atoms with Gasteiger partial charge in [-0.3, -0.25) is 9.36 Å². The summed E-state index contributed by atoms with van der Waals surface area (Å²) in [4.78, 5) is 46.5. The van der Waals surface area contributed by atoms with Crippen molar-refractivity contribution in [2.75, 3.05) is 0 Å². The van der Waals surface area contributed by atoms with Gasteiger partial charge in [0.2, 0.25) is 5.91 Å². The van der Waals surface area contributed by atoms with Crippen molar-refractivity contribution in [3.05, 3.63) is 40.9 Å². The fourth-order valence-corrected chi connectivity index (χ4v) is 2.62. The first kappa shape index (κ1) is 20.3. The second kappa shape index (κ2) is 8.11. The van der Waals surface area contributed by atoms with Crippen LogP contribution in [0.3, 0.4) is 0 Å². The zero-order valence-electron chi connectivity index (χ0n) is 15.8. The van der Waals surface area contributed by atoms with Gasteiger partial charge in [-0.25, -0.2) is 4.79 Å². The molecule has 0 fully saturated rings. The maximum atomic E-state index is 12.5. The van der Waals surface area contributed by atoms with Crippen molar-refractivity contribution in [3.63, 3.8) is 0 Å². The molecular weight excluding hydrogens is 350 g/mol. The van der Waals surface area contributed by atoms with Gasteiger partial charge in [-0.2, -0.15) is 0 Å². The maximum Gasteiger partial charge on any atom is 0.419 e. The number of para-hydroxylation sites is 1. The number of nitrogens with zero attached hydrogens (tertiary/aromatic N) is 2. The SMILES string of the molecule is C[C@@H](C=O)NC(=O)[C@H](Cc1cn(C(=O)OC(C)(C)C)c2ccccc12)N=O. The van der Waals surface area contributed by atoms with E-state index in [1.165, 1.54) is 11.5 Å². The number of amides is 1. The molecule has 144 valence electrons. The summed E-state index contributed by atoms with van der Waals surface area (Å²) < 4.78 is 6.76. The summed E-state index contributed by atoms with van der Waals surface area (Å²) in [6.45, 7) is 6.80. The summed E-state index contributed by atoms with van der Waals surface area (Å²) in [5.74, 6) is -0.640. The van der Waals surface area contributed by atoms with Gasteiger partial charge in [-0.05, 0) is 39.3 Å². The molecule has 0 saturated carbocycles. The summed E-state index contributed by atoms with van der Waals surface area (Å²) >= 11 is 0. The lowest BCUT2D eigenvalue weighted by atomic mass is 10.0. The maximum absolute atomic E-state index is 12.5. The molecule has 1 amide bonds. The normalized spacial score (nSPS) is 13.6. The second-order valence-electron chi connectivity index (χ2n) is 7.28. The molecule has 1 aromatic heterocycles. The van der Waals surface area contributed by atoms with Crippen LogP contribution in [0.1, 0.15) is 33.3 Å². The minimum atomic E-state index is -1.22. The average Bonchev–Trinajstić information content (AvgIpc) is 2.96. The van der Waals surface area contributed by atoms with Gasteiger partial charge in [0.05, 0.1) is 11.6 Å². The van der Waals surface area contributed by atoms with Gasteiger partial charge in [0.15, 0.2) is 6.04 Å². The molecule has 1 heterocycles. The van der Waals surface area contributed by atoms with E-state index in [4.69, 9.17) is 4.74 Å². The smallest absolute Gasteiger partial charge is 0.419 e. The minimum Gasteiger partial charge on any atom is -0.443 e. The number of nitroso groups, excluding NO2 is 1. The fourth-order valence-electron chi connectivity index (χ4n) is 2.62. The van der Waals surface area contributed by atoms with Gasteiger partial charge in [-0.15, -0.1) is 4.91 Å². The van der Waals surface area contributed by atoms with Crippen LogP contribution in [0.4, 0.5) is 4.79 Å². The summed E-state index contributed by atoms with van der Waals surface area (Å²) in [7, 11) is 0. The van der Waals surface area contributed by atoms with Crippen LogP contribution in [0, 0.1) is 4.91 Å². The first-order valence-corrected chi connectivity index (χ1v) is 8.56. The van der Waals surface area contributed by atoms with Crippen molar-refractivity contribution < 1.29 is 19.1 Å². The third kappa shape index (κ3) is 4.99. The lowest BCUT2D eigenvalue weighted by Crippen LogP contribution is -2.40. The average molecular weight is 373 g/mol. The van der Waals surface area contributed by atoms with E-state index in [1.54, 1.807) is 51.2 Å². The lowest BCUT2D eigenvalue weighted by Gasteiger charge is -2.19. The largest absolute Gasteiger partial charge is 0.443 e. The number of hydrogen-bond acceptors (Lipinski definition) is 6. The Labute approximate surface area is 156 Å². The van der Waals surface area contributed by atoms with Gasteiger partial charge >= 0.3 is 6.09 Å². The Morgan fingerprint density at radius 1 is 1.30 bits per heavy atom. The van der Waals surface area contributed by atoms with Gasteiger partial charge in [0.25, 0.3) is 0 Å². The summed E-state index contributed by atoms with van der Waals surface area (Å²) in [5.41, 5.74) is 0.545. The molecule has 27 heavy (non-hydrogen) atoms. The number of fused-ring (bicyclic) bond motifs is 1. The van der Waals surface area contributed by atoms with Crippen LogP contribution in [0.25, 0.3) is 10.9 Å².